The van der Waals surface area contributed by atoms with Crippen LogP contribution < -0.4 is 10.5 Å². The first-order valence-electron chi connectivity index (χ1n) is 11.9. The average Bonchev–Trinajstić information content (AvgIpc) is 3.73. The second kappa shape index (κ2) is 9.79. The van der Waals surface area contributed by atoms with Crippen LogP contribution in [-0.2, 0) is 6.42 Å². The zero-order valence-electron chi connectivity index (χ0n) is 19.7. The van der Waals surface area contributed by atoms with Crippen LogP contribution in [0.25, 0.3) is 11.1 Å². The van der Waals surface area contributed by atoms with Gasteiger partial charge in [0.2, 0.25) is 5.91 Å². The van der Waals surface area contributed by atoms with Crippen molar-refractivity contribution in [2.45, 2.75) is 43.8 Å². The fraction of sp³-hybridized carbons (Fsp3) is 0.346. The van der Waals surface area contributed by atoms with E-state index in [-0.39, 0.29) is 24.3 Å². The Morgan fingerprint density at radius 3 is 2.43 bits per heavy atom. The van der Waals surface area contributed by atoms with E-state index in [1.807, 2.05) is 12.1 Å². The molecule has 3 heterocycles. The largest absolute Gasteiger partial charge is 0.491 e. The minimum atomic E-state index is -4.46. The molecule has 1 atom stereocenters. The number of fused-ring (bicyclic) bond motifs is 1. The summed E-state index contributed by atoms with van der Waals surface area (Å²) in [4.78, 5) is 38.7. The smallest absolute Gasteiger partial charge is 0.390 e. The Kier molecular flexibility index (Phi) is 6.53. The highest BCUT2D eigenvalue weighted by Gasteiger charge is 2.35. The van der Waals surface area contributed by atoms with Crippen molar-refractivity contribution in [2.24, 2.45) is 5.73 Å². The molecule has 1 aliphatic heterocycles. The number of ether oxygens (including phenoxy) is 1. The molecule has 3 aromatic rings. The molecule has 0 unspecified atom stereocenters. The lowest BCUT2D eigenvalue weighted by Crippen LogP contribution is -2.48. The van der Waals surface area contributed by atoms with Crippen molar-refractivity contribution in [3.05, 3.63) is 71.6 Å². The molecule has 192 valence electrons. The highest BCUT2D eigenvalue weighted by atomic mass is 19.4. The molecule has 1 fully saturated rings. The number of nitrogens with zero attached hydrogens (tertiary/aromatic N) is 4. The fourth-order valence-electron chi connectivity index (χ4n) is 4.40. The Morgan fingerprint density at radius 2 is 1.81 bits per heavy atom. The summed E-state index contributed by atoms with van der Waals surface area (Å²) >= 11 is 0. The Bertz CT molecular complexity index is 1310. The van der Waals surface area contributed by atoms with Gasteiger partial charge in [0, 0.05) is 48.6 Å². The van der Waals surface area contributed by atoms with Crippen molar-refractivity contribution in [3.8, 4) is 16.9 Å². The number of nitrogens with two attached hydrogens (primary N) is 1. The first kappa shape index (κ1) is 24.7. The fourth-order valence-corrected chi connectivity index (χ4v) is 4.40. The molecule has 2 aromatic heterocycles. The van der Waals surface area contributed by atoms with Gasteiger partial charge in [-0.1, -0.05) is 12.1 Å². The van der Waals surface area contributed by atoms with Crippen molar-refractivity contribution in [2.75, 3.05) is 13.2 Å². The van der Waals surface area contributed by atoms with Gasteiger partial charge in [-0.15, -0.1) is 0 Å². The number of carbonyl (C=O) groups excluding carboxylic acids is 2. The second-order valence-electron chi connectivity index (χ2n) is 9.22. The molecule has 1 aliphatic carbocycles. The van der Waals surface area contributed by atoms with Crippen molar-refractivity contribution in [1.82, 2.24) is 19.9 Å². The van der Waals surface area contributed by atoms with Gasteiger partial charge in [-0.05, 0) is 36.6 Å². The van der Waals surface area contributed by atoms with Crippen LogP contribution >= 0.6 is 0 Å². The van der Waals surface area contributed by atoms with Gasteiger partial charge in [-0.25, -0.2) is 9.97 Å². The number of hydrogen-bond acceptors (Lipinski definition) is 6. The molecule has 0 bridgehead atoms. The summed E-state index contributed by atoms with van der Waals surface area (Å²) in [5.74, 6) is 0.408. The van der Waals surface area contributed by atoms with E-state index in [0.717, 1.165) is 46.5 Å². The van der Waals surface area contributed by atoms with E-state index in [0.29, 0.717) is 11.7 Å². The van der Waals surface area contributed by atoms with Crippen LogP contribution in [0.4, 0.5) is 13.2 Å². The van der Waals surface area contributed by atoms with Crippen molar-refractivity contribution in [1.29, 1.82) is 0 Å². The van der Waals surface area contributed by atoms with E-state index in [4.69, 9.17) is 10.5 Å². The number of aromatic nitrogens is 3. The number of benzene rings is 1. The van der Waals surface area contributed by atoms with Crippen LogP contribution in [0.5, 0.6) is 5.75 Å². The third-order valence-corrected chi connectivity index (χ3v) is 6.53. The monoisotopic (exact) mass is 511 g/mol. The number of carbonyl (C=O) groups is 2. The van der Waals surface area contributed by atoms with E-state index in [2.05, 4.69) is 15.0 Å². The van der Waals surface area contributed by atoms with Gasteiger partial charge < -0.3 is 15.4 Å². The molecular weight excluding hydrogens is 487 g/mol. The van der Waals surface area contributed by atoms with Crippen LogP contribution in [0, 0.1) is 0 Å². The maximum absolute atomic E-state index is 13.3. The number of amides is 2. The molecule has 0 saturated heterocycles. The van der Waals surface area contributed by atoms with Gasteiger partial charge in [0.1, 0.15) is 23.9 Å². The van der Waals surface area contributed by atoms with Gasteiger partial charge in [0.15, 0.2) is 0 Å². The molecule has 2 N–H and O–H groups in total. The first-order valence-corrected chi connectivity index (χ1v) is 11.9. The van der Waals surface area contributed by atoms with Gasteiger partial charge in [0.05, 0.1) is 18.0 Å². The number of pyridine rings is 1. The third kappa shape index (κ3) is 5.55. The number of hydrogen-bond donors (Lipinski definition) is 1. The number of rotatable bonds is 7. The predicted octanol–water partition coefficient (Wildman–Crippen LogP) is 3.91. The predicted molar refractivity (Wildman–Crippen MR) is 127 cm³/mol. The maximum atomic E-state index is 13.3. The van der Waals surface area contributed by atoms with E-state index < -0.39 is 37.0 Å². The van der Waals surface area contributed by atoms with Crippen molar-refractivity contribution >= 4 is 11.8 Å². The zero-order valence-corrected chi connectivity index (χ0v) is 19.7. The summed E-state index contributed by atoms with van der Waals surface area (Å²) in [6.07, 6.45) is 1.43. The van der Waals surface area contributed by atoms with Crippen LogP contribution in [0.1, 0.15) is 57.4 Å². The molecule has 5 rings (SSSR count). The molecule has 37 heavy (non-hydrogen) atoms. The molecule has 0 radical (unpaired) electrons. The minimum Gasteiger partial charge on any atom is -0.491 e. The van der Waals surface area contributed by atoms with Crippen LogP contribution in [-0.4, -0.2) is 57.0 Å². The van der Waals surface area contributed by atoms with Gasteiger partial charge in [-0.2, -0.15) is 13.2 Å². The molecule has 11 heteroatoms. The van der Waals surface area contributed by atoms with E-state index in [1.165, 1.54) is 12.1 Å². The van der Waals surface area contributed by atoms with Crippen LogP contribution in [0.2, 0.25) is 0 Å². The van der Waals surface area contributed by atoms with E-state index in [1.54, 1.807) is 18.5 Å². The van der Waals surface area contributed by atoms with E-state index >= 15 is 0 Å². The summed E-state index contributed by atoms with van der Waals surface area (Å²) in [6.45, 7) is -0.539. The molecule has 2 aliphatic rings. The summed E-state index contributed by atoms with van der Waals surface area (Å²) in [5.41, 5.74) is 7.56. The zero-order chi connectivity index (χ0) is 26.2. The summed E-state index contributed by atoms with van der Waals surface area (Å²) in [7, 11) is 0. The quantitative estimate of drug-likeness (QED) is 0.515. The van der Waals surface area contributed by atoms with E-state index in [9.17, 15) is 22.8 Å². The summed E-state index contributed by atoms with van der Waals surface area (Å²) in [5, 5.41) is 0. The SMILES string of the molecule is NC(=O)c1ccc(C(=O)N(CCC(F)(F)F)[C@@H]2COc3cccc(-c4cnc(C5CC5)nc4)c3C2)nc1. The highest BCUT2D eigenvalue weighted by molar-refractivity contribution is 5.95. The maximum Gasteiger partial charge on any atom is 0.390 e. The molecule has 1 aromatic carbocycles. The van der Waals surface area contributed by atoms with Crippen molar-refractivity contribution in [3.63, 3.8) is 0 Å². The summed E-state index contributed by atoms with van der Waals surface area (Å²) < 4.78 is 45.4. The standard InChI is InChI=1S/C26H24F3N5O3/c27-26(28,29)8-9-34(25(36)21-7-6-16(11-31-21)23(30)35)18-10-20-19(2-1-3-22(20)37-14-18)17-12-32-24(33-13-17)15-4-5-15/h1-3,6-7,11-13,15,18H,4-5,8-10,14H2,(H2,30,35)/t18-/m0/s1. The third-order valence-electron chi connectivity index (χ3n) is 6.53. The van der Waals surface area contributed by atoms with Crippen molar-refractivity contribution < 1.29 is 27.5 Å². The Balaban J connectivity index is 1.43. The highest BCUT2D eigenvalue weighted by Crippen LogP contribution is 2.39. The van der Waals surface area contributed by atoms with Gasteiger partial charge >= 0.3 is 6.18 Å². The lowest BCUT2D eigenvalue weighted by molar-refractivity contribution is -0.137. The number of alkyl halides is 3. The molecule has 2 amide bonds. The molecule has 1 saturated carbocycles. The van der Waals surface area contributed by atoms with Crippen LogP contribution in [0.3, 0.4) is 0 Å². The van der Waals surface area contributed by atoms with Crippen LogP contribution in [0.15, 0.2) is 48.9 Å². The number of primary amides is 1. The lowest BCUT2D eigenvalue weighted by atomic mass is 9.93. The Hall–Kier alpha value is -4.02. The molecule has 8 nitrogen and oxygen atoms in total. The van der Waals surface area contributed by atoms with Gasteiger partial charge in [0.25, 0.3) is 5.91 Å². The Morgan fingerprint density at radius 1 is 1.05 bits per heavy atom. The first-order chi connectivity index (χ1) is 17.7. The molecule has 0 spiro atoms. The normalized spacial score (nSPS) is 17.0. The Labute approximate surface area is 210 Å². The van der Waals surface area contributed by atoms with Gasteiger partial charge in [-0.3, -0.25) is 14.6 Å². The average molecular weight is 512 g/mol. The number of halogens is 3. The lowest BCUT2D eigenvalue weighted by Gasteiger charge is -2.36. The molecular formula is C26H24F3N5O3. The minimum absolute atomic E-state index is 0.0243. The second-order valence-corrected chi connectivity index (χ2v) is 9.22. The topological polar surface area (TPSA) is 111 Å². The summed E-state index contributed by atoms with van der Waals surface area (Å²) in [6, 6.07) is 7.44.